The third-order valence-electron chi connectivity index (χ3n) is 6.29. The Bertz CT molecular complexity index is 1270. The van der Waals surface area contributed by atoms with Crippen LogP contribution >= 0.6 is 0 Å². The number of amidine groups is 1. The van der Waals surface area contributed by atoms with E-state index in [-0.39, 0.29) is 12.5 Å². The van der Waals surface area contributed by atoms with Gasteiger partial charge in [-0.25, -0.2) is 14.4 Å². The minimum atomic E-state index is -0.432. The van der Waals surface area contributed by atoms with Crippen molar-refractivity contribution in [2.75, 3.05) is 45.3 Å². The number of benzene rings is 1. The molecule has 5 rings (SSSR count). The second-order valence-electron chi connectivity index (χ2n) is 9.11. The largest absolute Gasteiger partial charge is 0.468 e. The van der Waals surface area contributed by atoms with E-state index in [1.165, 1.54) is 6.07 Å². The number of rotatable bonds is 8. The summed E-state index contributed by atoms with van der Waals surface area (Å²) in [4.78, 5) is 16.3. The molecule has 1 aliphatic heterocycles. The quantitative estimate of drug-likeness (QED) is 0.322. The van der Waals surface area contributed by atoms with Gasteiger partial charge in [-0.3, -0.25) is 0 Å². The van der Waals surface area contributed by atoms with Gasteiger partial charge < -0.3 is 29.4 Å². The third kappa shape index (κ3) is 6.76. The number of nitrogens with one attached hydrogen (secondary N) is 2. The third-order valence-corrected chi connectivity index (χ3v) is 6.29. The zero-order valence-electron chi connectivity index (χ0n) is 22.1. The molecule has 2 aromatic heterocycles. The number of fused-ring (bicyclic) bond motifs is 1. The summed E-state index contributed by atoms with van der Waals surface area (Å²) < 4.78 is 25.7. The Kier molecular flexibility index (Phi) is 8.60. The number of aliphatic imine (C=N–C) groups is 2. The van der Waals surface area contributed by atoms with Gasteiger partial charge in [0.15, 0.2) is 18.3 Å². The van der Waals surface area contributed by atoms with Crippen LogP contribution in [0.2, 0.25) is 0 Å². The average Bonchev–Trinajstić information content (AvgIpc) is 3.54. The van der Waals surface area contributed by atoms with Crippen molar-refractivity contribution in [2.24, 2.45) is 9.98 Å². The van der Waals surface area contributed by atoms with Crippen molar-refractivity contribution in [1.82, 2.24) is 19.9 Å². The minimum Gasteiger partial charge on any atom is -0.468 e. The molecule has 0 radical (unpaired) electrons. The van der Waals surface area contributed by atoms with Crippen LogP contribution in [0.5, 0.6) is 5.75 Å². The molecule has 10 heteroatoms. The van der Waals surface area contributed by atoms with Crippen molar-refractivity contribution in [3.63, 3.8) is 0 Å². The van der Waals surface area contributed by atoms with Gasteiger partial charge in [-0.2, -0.15) is 0 Å². The molecular formula is C27H36FN7O2. The second-order valence-corrected chi connectivity index (χ2v) is 9.11. The first-order valence-corrected chi connectivity index (χ1v) is 12.8. The molecule has 2 aliphatic rings. The first kappa shape index (κ1) is 26.4. The first-order chi connectivity index (χ1) is 18.0. The highest BCUT2D eigenvalue weighted by Gasteiger charge is 2.27. The number of aromatic nitrogens is 2. The summed E-state index contributed by atoms with van der Waals surface area (Å²) in [5.74, 6) is 1.89. The lowest BCUT2D eigenvalue weighted by Crippen LogP contribution is -2.47. The summed E-state index contributed by atoms with van der Waals surface area (Å²) in [5.41, 5.74) is 2.65. The number of nitrogens with zero attached hydrogens (tertiary/aromatic N) is 5. The second kappa shape index (κ2) is 12.1. The van der Waals surface area contributed by atoms with E-state index in [2.05, 4.69) is 49.0 Å². The van der Waals surface area contributed by atoms with Gasteiger partial charge in [0.25, 0.3) is 0 Å². The predicted molar refractivity (Wildman–Crippen MR) is 146 cm³/mol. The molecule has 3 heterocycles. The van der Waals surface area contributed by atoms with E-state index in [0.717, 1.165) is 61.3 Å². The van der Waals surface area contributed by atoms with E-state index in [0.29, 0.717) is 23.5 Å². The highest BCUT2D eigenvalue weighted by Crippen LogP contribution is 2.40. The van der Waals surface area contributed by atoms with Gasteiger partial charge >= 0.3 is 0 Å². The van der Waals surface area contributed by atoms with Crippen LogP contribution in [0.25, 0.3) is 10.9 Å². The molecule has 0 spiro atoms. The molecule has 1 saturated heterocycles. The molecule has 1 aliphatic carbocycles. The summed E-state index contributed by atoms with van der Waals surface area (Å²) in [5, 5.41) is 8.15. The number of aromatic amines is 1. The Balaban J connectivity index is 0.00000156. The molecule has 2 fully saturated rings. The number of anilines is 1. The summed E-state index contributed by atoms with van der Waals surface area (Å²) in [7, 11) is 2.09. The fourth-order valence-electron chi connectivity index (χ4n) is 4.12. The van der Waals surface area contributed by atoms with E-state index < -0.39 is 5.82 Å². The lowest BCUT2D eigenvalue weighted by Gasteiger charge is -2.33. The van der Waals surface area contributed by atoms with Crippen molar-refractivity contribution in [2.45, 2.75) is 39.5 Å². The molecule has 198 valence electrons. The summed E-state index contributed by atoms with van der Waals surface area (Å²) in [6.45, 7) is 13.0. The van der Waals surface area contributed by atoms with E-state index >= 15 is 0 Å². The standard InChI is InChI=1S/C25H30FN7O2.C2H6/c1-16-10-18-11-22(19(26)12-20(18)29-16)34-15-28-24(33-8-6-32(3)7-9-33)14-23(27-2)30-25-13-21(31-35-25)17-4-5-17;1-2/h10-14,17,29-30H,2,4-9,15H2,1,3H3;1-2H3/b23-14+,28-24+;. The van der Waals surface area contributed by atoms with Crippen LogP contribution in [0.15, 0.2) is 50.7 Å². The van der Waals surface area contributed by atoms with Gasteiger partial charge in [0.2, 0.25) is 5.88 Å². The number of aryl methyl sites for hydroxylation is 1. The van der Waals surface area contributed by atoms with Crippen LogP contribution in [0, 0.1) is 12.7 Å². The maximum atomic E-state index is 14.6. The fourth-order valence-corrected chi connectivity index (χ4v) is 4.12. The maximum absolute atomic E-state index is 14.6. The molecule has 9 nitrogen and oxygen atoms in total. The first-order valence-electron chi connectivity index (χ1n) is 12.8. The van der Waals surface area contributed by atoms with Crippen LogP contribution in [-0.2, 0) is 0 Å². The van der Waals surface area contributed by atoms with Gasteiger partial charge in [0, 0.05) is 66.9 Å². The van der Waals surface area contributed by atoms with Crippen molar-refractivity contribution < 1.29 is 13.7 Å². The monoisotopic (exact) mass is 509 g/mol. The van der Waals surface area contributed by atoms with E-state index in [1.54, 1.807) is 12.1 Å². The molecule has 1 saturated carbocycles. The minimum absolute atomic E-state index is 0.0391. The van der Waals surface area contributed by atoms with Crippen LogP contribution in [0.4, 0.5) is 10.3 Å². The van der Waals surface area contributed by atoms with Crippen molar-refractivity contribution in [3.05, 3.63) is 53.4 Å². The summed E-state index contributed by atoms with van der Waals surface area (Å²) in [6.07, 6.45) is 4.09. The Hall–Kier alpha value is -3.66. The van der Waals surface area contributed by atoms with E-state index in [4.69, 9.17) is 9.26 Å². The molecule has 37 heavy (non-hydrogen) atoms. The number of H-pyrrole nitrogens is 1. The molecule has 0 atom stereocenters. The predicted octanol–water partition coefficient (Wildman–Crippen LogP) is 5.14. The number of likely N-dealkylation sites (N-methyl/N-ethyl adjacent to an activating group) is 1. The summed E-state index contributed by atoms with van der Waals surface area (Å²) in [6, 6.07) is 6.98. The molecule has 0 unspecified atom stereocenters. The van der Waals surface area contributed by atoms with Crippen molar-refractivity contribution in [1.29, 1.82) is 0 Å². The fraction of sp³-hybridized carbons (Fsp3) is 0.444. The smallest absolute Gasteiger partial charge is 0.230 e. The lowest BCUT2D eigenvalue weighted by molar-refractivity contribution is 0.214. The average molecular weight is 510 g/mol. The molecule has 0 bridgehead atoms. The molecule has 2 N–H and O–H groups in total. The Labute approximate surface area is 217 Å². The van der Waals surface area contributed by atoms with Gasteiger partial charge in [-0.15, -0.1) is 0 Å². The van der Waals surface area contributed by atoms with Crippen molar-refractivity contribution in [3.8, 4) is 5.75 Å². The SMILES string of the molecule is C=N/C(=C\C(=N/COc1cc2cc(C)[nH]c2cc1F)N1CCN(C)CC1)Nc1cc(C2CC2)no1.CC. The van der Waals surface area contributed by atoms with Crippen LogP contribution < -0.4 is 10.1 Å². The Morgan fingerprint density at radius 2 is 2.00 bits per heavy atom. The molecule has 1 aromatic carbocycles. The topological polar surface area (TPSA) is 94.3 Å². The normalized spacial score (nSPS) is 16.9. The molecule has 3 aromatic rings. The lowest BCUT2D eigenvalue weighted by atomic mass is 10.2. The van der Waals surface area contributed by atoms with Gasteiger partial charge in [-0.1, -0.05) is 19.0 Å². The van der Waals surface area contributed by atoms with Gasteiger partial charge in [0.1, 0.15) is 11.7 Å². The zero-order valence-corrected chi connectivity index (χ0v) is 22.1. The molecular weight excluding hydrogens is 473 g/mol. The van der Waals surface area contributed by atoms with Crippen LogP contribution in [-0.4, -0.2) is 72.5 Å². The van der Waals surface area contributed by atoms with Crippen LogP contribution in [0.1, 0.15) is 44.0 Å². The molecule has 0 amide bonds. The number of ether oxygens (including phenoxy) is 1. The van der Waals surface area contributed by atoms with Gasteiger partial charge in [0.05, 0.1) is 5.69 Å². The summed E-state index contributed by atoms with van der Waals surface area (Å²) >= 11 is 0. The highest BCUT2D eigenvalue weighted by molar-refractivity contribution is 5.94. The number of piperazine rings is 1. The number of hydrogen-bond donors (Lipinski definition) is 2. The maximum Gasteiger partial charge on any atom is 0.230 e. The van der Waals surface area contributed by atoms with E-state index in [1.807, 2.05) is 32.9 Å². The zero-order chi connectivity index (χ0) is 26.4. The number of hydrogen-bond acceptors (Lipinski definition) is 7. The van der Waals surface area contributed by atoms with Crippen molar-refractivity contribution >= 4 is 29.3 Å². The van der Waals surface area contributed by atoms with Gasteiger partial charge in [-0.05, 0) is 45.7 Å². The number of halogens is 1. The Morgan fingerprint density at radius 3 is 2.70 bits per heavy atom. The Morgan fingerprint density at radius 1 is 1.24 bits per heavy atom. The van der Waals surface area contributed by atoms with Crippen LogP contribution in [0.3, 0.4) is 0 Å². The van der Waals surface area contributed by atoms with E-state index in [9.17, 15) is 4.39 Å². The highest BCUT2D eigenvalue weighted by atomic mass is 19.1.